The quantitative estimate of drug-likeness (QED) is 0.151. The number of hydrogen-bond acceptors (Lipinski definition) is 6. The molecule has 0 aliphatic carbocycles. The van der Waals surface area contributed by atoms with Gasteiger partial charge in [0, 0.05) is 17.7 Å². The first kappa shape index (κ1) is 24.6. The van der Waals surface area contributed by atoms with Crippen molar-refractivity contribution < 1.29 is 19.5 Å². The number of carboxylic acids is 1. The zero-order valence-electron chi connectivity index (χ0n) is 18.7. The second-order valence-electron chi connectivity index (χ2n) is 7.75. The maximum absolute atomic E-state index is 12.9. The van der Waals surface area contributed by atoms with E-state index < -0.39 is 23.8 Å². The number of ketones is 1. The Labute approximate surface area is 196 Å². The number of carboxylic acid groups (broad SMARTS) is 1. The highest BCUT2D eigenvalue weighted by atomic mass is 16.4. The van der Waals surface area contributed by atoms with Gasteiger partial charge in [-0.05, 0) is 40.6 Å². The lowest BCUT2D eigenvalue weighted by Gasteiger charge is -2.29. The fourth-order valence-corrected chi connectivity index (χ4v) is 3.89. The van der Waals surface area contributed by atoms with Crippen LogP contribution in [0, 0.1) is 5.41 Å². The van der Waals surface area contributed by atoms with Crippen LogP contribution in [0.1, 0.15) is 34.0 Å². The van der Waals surface area contributed by atoms with Gasteiger partial charge in [-0.25, -0.2) is 4.79 Å². The van der Waals surface area contributed by atoms with E-state index in [0.717, 1.165) is 5.56 Å². The standard InChI is InChI=1S/C25H27N5O4/c1-2-30-25(24(33)34,21(31)13-26)18-10-11-19-17(12-18)4-3-5-20(19)23(32)29-14-15-6-8-16(9-7-15)22(27)28/h3-12,30H,2,13-14,26H2,1H3,(H3,27,28)(H,29,32)(H,33,34). The molecule has 0 saturated heterocycles. The van der Waals surface area contributed by atoms with Crippen LogP contribution in [0.4, 0.5) is 0 Å². The Balaban J connectivity index is 1.92. The van der Waals surface area contributed by atoms with Crippen LogP contribution < -0.4 is 22.1 Å². The minimum absolute atomic E-state index is 0.0278. The number of aliphatic carboxylic acids is 1. The number of nitrogen functional groups attached to an aromatic ring is 1. The molecular weight excluding hydrogens is 434 g/mol. The van der Waals surface area contributed by atoms with Crippen LogP contribution in [0.5, 0.6) is 0 Å². The molecular formula is C25H27N5O4. The summed E-state index contributed by atoms with van der Waals surface area (Å²) in [6.45, 7) is 1.79. The van der Waals surface area contributed by atoms with Crippen LogP contribution >= 0.6 is 0 Å². The Kier molecular flexibility index (Phi) is 7.40. The molecule has 0 aliphatic rings. The number of nitrogens with two attached hydrogens (primary N) is 2. The Morgan fingerprint density at radius 3 is 2.35 bits per heavy atom. The molecule has 9 nitrogen and oxygen atoms in total. The Bertz CT molecular complexity index is 1260. The molecule has 3 aromatic rings. The van der Waals surface area contributed by atoms with Crippen molar-refractivity contribution in [2.45, 2.75) is 19.0 Å². The molecule has 1 unspecified atom stereocenters. The molecule has 0 bridgehead atoms. The Morgan fingerprint density at radius 2 is 1.76 bits per heavy atom. The number of benzene rings is 3. The third-order valence-electron chi connectivity index (χ3n) is 5.64. The molecule has 8 N–H and O–H groups in total. The Morgan fingerprint density at radius 1 is 1.06 bits per heavy atom. The van der Waals surface area contributed by atoms with E-state index in [1.54, 1.807) is 61.5 Å². The number of likely N-dealkylation sites (N-methyl/N-ethyl adjacent to an activating group) is 1. The molecule has 34 heavy (non-hydrogen) atoms. The number of amides is 1. The highest BCUT2D eigenvalue weighted by Crippen LogP contribution is 2.28. The van der Waals surface area contributed by atoms with Crippen LogP contribution in [-0.4, -0.2) is 41.7 Å². The van der Waals surface area contributed by atoms with E-state index in [1.165, 1.54) is 6.07 Å². The summed E-state index contributed by atoms with van der Waals surface area (Å²) in [4.78, 5) is 37.7. The van der Waals surface area contributed by atoms with Gasteiger partial charge in [-0.2, -0.15) is 0 Å². The highest BCUT2D eigenvalue weighted by molar-refractivity contribution is 6.11. The molecule has 176 valence electrons. The van der Waals surface area contributed by atoms with E-state index >= 15 is 0 Å². The predicted molar refractivity (Wildman–Crippen MR) is 130 cm³/mol. The van der Waals surface area contributed by atoms with E-state index in [0.29, 0.717) is 21.9 Å². The van der Waals surface area contributed by atoms with Gasteiger partial charge >= 0.3 is 5.97 Å². The summed E-state index contributed by atoms with van der Waals surface area (Å²) in [5, 5.41) is 24.3. The van der Waals surface area contributed by atoms with Gasteiger partial charge in [-0.3, -0.25) is 20.3 Å². The number of Topliss-reactive ketones (excluding diaryl/α,β-unsaturated/α-hetero) is 1. The van der Waals surface area contributed by atoms with Crippen molar-refractivity contribution in [1.29, 1.82) is 5.41 Å². The molecule has 0 radical (unpaired) electrons. The van der Waals surface area contributed by atoms with Gasteiger partial charge in [-0.15, -0.1) is 0 Å². The number of carbonyl (C=O) groups is 3. The summed E-state index contributed by atoms with van der Waals surface area (Å²) in [6.07, 6.45) is 0. The number of rotatable bonds is 10. The van der Waals surface area contributed by atoms with Crippen molar-refractivity contribution in [2.24, 2.45) is 11.5 Å². The van der Waals surface area contributed by atoms with Crippen molar-refractivity contribution in [2.75, 3.05) is 13.1 Å². The van der Waals surface area contributed by atoms with Crippen molar-refractivity contribution in [1.82, 2.24) is 10.6 Å². The van der Waals surface area contributed by atoms with Crippen LogP contribution in [0.3, 0.4) is 0 Å². The van der Waals surface area contributed by atoms with Crippen LogP contribution in [-0.2, 0) is 21.7 Å². The summed E-state index contributed by atoms with van der Waals surface area (Å²) in [6, 6.07) is 16.9. The summed E-state index contributed by atoms with van der Waals surface area (Å²) in [5.74, 6) is -2.33. The zero-order valence-corrected chi connectivity index (χ0v) is 18.7. The van der Waals surface area contributed by atoms with Crippen LogP contribution in [0.25, 0.3) is 10.8 Å². The lowest BCUT2D eigenvalue weighted by atomic mass is 9.83. The first-order valence-electron chi connectivity index (χ1n) is 10.7. The van der Waals surface area contributed by atoms with E-state index in [9.17, 15) is 19.5 Å². The number of fused-ring (bicyclic) bond motifs is 1. The number of hydrogen-bond donors (Lipinski definition) is 6. The highest BCUT2D eigenvalue weighted by Gasteiger charge is 2.46. The molecule has 1 amide bonds. The summed E-state index contributed by atoms with van der Waals surface area (Å²) in [5.41, 5.74) is 11.1. The molecule has 0 spiro atoms. The molecule has 3 aromatic carbocycles. The second-order valence-corrected chi connectivity index (χ2v) is 7.75. The maximum Gasteiger partial charge on any atom is 0.336 e. The molecule has 0 saturated carbocycles. The van der Waals surface area contributed by atoms with Gasteiger partial charge in [0.15, 0.2) is 5.78 Å². The van der Waals surface area contributed by atoms with E-state index in [-0.39, 0.29) is 30.4 Å². The second kappa shape index (κ2) is 10.2. The first-order valence-corrected chi connectivity index (χ1v) is 10.7. The third-order valence-corrected chi connectivity index (χ3v) is 5.64. The SMILES string of the molecule is CCNC(C(=O)O)(C(=O)CN)c1ccc2c(C(=O)NCc3ccc(C(=N)N)cc3)cccc2c1. The topological polar surface area (TPSA) is 171 Å². The number of amidine groups is 1. The first-order chi connectivity index (χ1) is 16.2. The van der Waals surface area contributed by atoms with E-state index in [2.05, 4.69) is 10.6 Å². The smallest absolute Gasteiger partial charge is 0.336 e. The van der Waals surface area contributed by atoms with Crippen molar-refractivity contribution in [3.8, 4) is 0 Å². The molecule has 3 rings (SSSR count). The molecule has 0 aromatic heterocycles. The third kappa shape index (κ3) is 4.66. The normalized spacial score (nSPS) is 12.6. The van der Waals surface area contributed by atoms with E-state index in [1.807, 2.05) is 0 Å². The van der Waals surface area contributed by atoms with Crippen LogP contribution in [0.15, 0.2) is 60.7 Å². The van der Waals surface area contributed by atoms with E-state index in [4.69, 9.17) is 16.9 Å². The summed E-state index contributed by atoms with van der Waals surface area (Å²) < 4.78 is 0. The summed E-state index contributed by atoms with van der Waals surface area (Å²) >= 11 is 0. The molecule has 1 atom stereocenters. The molecule has 0 heterocycles. The van der Waals surface area contributed by atoms with Crippen molar-refractivity contribution in [3.05, 3.63) is 82.9 Å². The molecule has 0 aliphatic heterocycles. The van der Waals surface area contributed by atoms with Crippen molar-refractivity contribution in [3.63, 3.8) is 0 Å². The van der Waals surface area contributed by atoms with Gasteiger partial charge in [-0.1, -0.05) is 55.5 Å². The monoisotopic (exact) mass is 461 g/mol. The molecule has 9 heteroatoms. The lowest BCUT2D eigenvalue weighted by Crippen LogP contribution is -2.57. The fraction of sp³-hybridized carbons (Fsp3) is 0.200. The average molecular weight is 462 g/mol. The minimum atomic E-state index is -1.97. The number of nitrogens with one attached hydrogen (secondary N) is 3. The average Bonchev–Trinajstić information content (AvgIpc) is 2.84. The van der Waals surface area contributed by atoms with Gasteiger partial charge in [0.05, 0.1) is 6.54 Å². The largest absolute Gasteiger partial charge is 0.479 e. The van der Waals surface area contributed by atoms with Crippen molar-refractivity contribution >= 4 is 34.3 Å². The number of carbonyl (C=O) groups excluding carboxylic acids is 2. The zero-order chi connectivity index (χ0) is 24.9. The maximum atomic E-state index is 12.9. The van der Waals surface area contributed by atoms with Gasteiger partial charge < -0.3 is 21.9 Å². The molecule has 0 fully saturated rings. The lowest BCUT2D eigenvalue weighted by molar-refractivity contribution is -0.150. The minimum Gasteiger partial charge on any atom is -0.479 e. The van der Waals surface area contributed by atoms with Gasteiger partial charge in [0.1, 0.15) is 5.84 Å². The van der Waals surface area contributed by atoms with Gasteiger partial charge in [0.25, 0.3) is 5.91 Å². The van der Waals surface area contributed by atoms with Crippen LogP contribution in [0.2, 0.25) is 0 Å². The Hall–Kier alpha value is -4.08. The predicted octanol–water partition coefficient (Wildman–Crippen LogP) is 1.47. The summed E-state index contributed by atoms with van der Waals surface area (Å²) in [7, 11) is 0. The fourth-order valence-electron chi connectivity index (χ4n) is 3.89. The van der Waals surface area contributed by atoms with Gasteiger partial charge in [0.2, 0.25) is 5.54 Å².